The molecule has 0 aliphatic carbocycles. The third kappa shape index (κ3) is 3.69. The Labute approximate surface area is 56.3 Å². The number of hydrogen-bond donors (Lipinski definition) is 0. The number of rotatable bonds is 1. The van der Waals surface area contributed by atoms with Crippen LogP contribution in [0.3, 0.4) is 0 Å². The summed E-state index contributed by atoms with van der Waals surface area (Å²) in [6.07, 6.45) is 4.82. The molecule has 0 bridgehead atoms. The SMILES string of the molecule is C#CC(Br)OC([CH2])=O. The van der Waals surface area contributed by atoms with Crippen LogP contribution in [0.25, 0.3) is 0 Å². The molecule has 3 heteroatoms. The van der Waals surface area contributed by atoms with Gasteiger partial charge in [-0.2, -0.15) is 0 Å². The summed E-state index contributed by atoms with van der Waals surface area (Å²) in [5, 5.41) is -0.646. The zero-order valence-electron chi connectivity index (χ0n) is 4.06. The molecule has 2 nitrogen and oxygen atoms in total. The Morgan fingerprint density at radius 3 is 2.62 bits per heavy atom. The molecule has 0 spiro atoms. The van der Waals surface area contributed by atoms with Gasteiger partial charge in [0.1, 0.15) is 0 Å². The molecule has 0 saturated heterocycles. The van der Waals surface area contributed by atoms with Crippen molar-refractivity contribution in [2.45, 2.75) is 5.01 Å². The highest BCUT2D eigenvalue weighted by Crippen LogP contribution is 1.97. The van der Waals surface area contributed by atoms with Crippen LogP contribution in [0, 0.1) is 19.3 Å². The van der Waals surface area contributed by atoms with Crippen LogP contribution in [0.1, 0.15) is 0 Å². The molecule has 0 aliphatic heterocycles. The quantitative estimate of drug-likeness (QED) is 0.334. The Balaban J connectivity index is 3.43. The van der Waals surface area contributed by atoms with E-state index < -0.39 is 11.0 Å². The average Bonchev–Trinajstić information content (AvgIpc) is 1.65. The van der Waals surface area contributed by atoms with Crippen LogP contribution in [0.2, 0.25) is 0 Å². The van der Waals surface area contributed by atoms with Crippen molar-refractivity contribution in [3.8, 4) is 12.3 Å². The van der Waals surface area contributed by atoms with E-state index in [0.717, 1.165) is 0 Å². The Kier molecular flexibility index (Phi) is 3.29. The summed E-state index contributed by atoms with van der Waals surface area (Å²) in [7, 11) is 0. The molecule has 1 unspecified atom stereocenters. The van der Waals surface area contributed by atoms with Gasteiger partial charge in [0.25, 0.3) is 0 Å². The minimum absolute atomic E-state index is 0.634. The van der Waals surface area contributed by atoms with Gasteiger partial charge in [0.2, 0.25) is 5.01 Å². The largest absolute Gasteiger partial charge is 0.438 e. The molecule has 0 heterocycles. The number of esters is 1. The summed E-state index contributed by atoms with van der Waals surface area (Å²) < 4.78 is 4.33. The van der Waals surface area contributed by atoms with E-state index in [2.05, 4.69) is 33.5 Å². The summed E-state index contributed by atoms with van der Waals surface area (Å²) in [6.45, 7) is 2.94. The van der Waals surface area contributed by atoms with Crippen LogP contribution in [0.4, 0.5) is 0 Å². The fraction of sp³-hybridized carbons (Fsp3) is 0.200. The first-order valence-corrected chi connectivity index (χ1v) is 2.71. The second-order valence-corrected chi connectivity index (χ2v) is 1.80. The molecule has 0 aliphatic rings. The molecule has 0 aromatic heterocycles. The number of alkyl halides is 1. The second kappa shape index (κ2) is 3.50. The highest BCUT2D eigenvalue weighted by atomic mass is 79.9. The van der Waals surface area contributed by atoms with E-state index >= 15 is 0 Å². The summed E-state index contributed by atoms with van der Waals surface area (Å²) in [5.74, 6) is 1.50. The van der Waals surface area contributed by atoms with Crippen molar-refractivity contribution in [1.29, 1.82) is 0 Å². The first kappa shape index (κ1) is 7.51. The fourth-order valence-electron chi connectivity index (χ4n) is 0.149. The molecule has 1 radical (unpaired) electrons. The molecule has 0 saturated carbocycles. The lowest BCUT2D eigenvalue weighted by Gasteiger charge is -1.99. The molecule has 1 atom stereocenters. The molecular weight excluding hydrogens is 172 g/mol. The van der Waals surface area contributed by atoms with Gasteiger partial charge in [-0.3, -0.25) is 4.79 Å². The maximum absolute atomic E-state index is 9.95. The van der Waals surface area contributed by atoms with Crippen LogP contribution in [0.5, 0.6) is 0 Å². The van der Waals surface area contributed by atoms with Gasteiger partial charge in [-0.15, -0.1) is 6.42 Å². The fourth-order valence-corrected chi connectivity index (χ4v) is 0.358. The maximum Gasteiger partial charge on any atom is 0.308 e. The number of terminal acetylenes is 1. The number of carbonyl (C=O) groups is 1. The zero-order valence-corrected chi connectivity index (χ0v) is 5.64. The lowest BCUT2D eigenvalue weighted by atomic mass is 10.7. The van der Waals surface area contributed by atoms with E-state index in [4.69, 9.17) is 6.42 Å². The average molecular weight is 176 g/mol. The zero-order chi connectivity index (χ0) is 6.57. The third-order valence-corrected chi connectivity index (χ3v) is 0.817. The van der Waals surface area contributed by atoms with Gasteiger partial charge >= 0.3 is 5.97 Å². The van der Waals surface area contributed by atoms with Crippen molar-refractivity contribution < 1.29 is 9.53 Å². The van der Waals surface area contributed by atoms with Crippen molar-refractivity contribution in [2.24, 2.45) is 0 Å². The van der Waals surface area contributed by atoms with Crippen molar-refractivity contribution in [2.75, 3.05) is 0 Å². The predicted molar refractivity (Wildman–Crippen MR) is 33.0 cm³/mol. The summed E-state index contributed by atoms with van der Waals surface area (Å²) in [5.41, 5.74) is 0. The Morgan fingerprint density at radius 2 is 2.50 bits per heavy atom. The van der Waals surface area contributed by atoms with E-state index in [1.54, 1.807) is 0 Å². The van der Waals surface area contributed by atoms with Crippen LogP contribution in [0.15, 0.2) is 0 Å². The van der Waals surface area contributed by atoms with Crippen LogP contribution >= 0.6 is 15.9 Å². The van der Waals surface area contributed by atoms with Gasteiger partial charge in [0.05, 0.1) is 6.92 Å². The third-order valence-electron chi connectivity index (χ3n) is 0.366. The van der Waals surface area contributed by atoms with Crippen molar-refractivity contribution in [1.82, 2.24) is 0 Å². The minimum Gasteiger partial charge on any atom is -0.438 e. The molecule has 0 aromatic carbocycles. The molecule has 8 heavy (non-hydrogen) atoms. The van der Waals surface area contributed by atoms with Gasteiger partial charge in [0.15, 0.2) is 0 Å². The van der Waals surface area contributed by atoms with E-state index in [-0.39, 0.29) is 0 Å². The van der Waals surface area contributed by atoms with E-state index in [0.29, 0.717) is 0 Å². The van der Waals surface area contributed by atoms with E-state index in [1.807, 2.05) is 0 Å². The smallest absolute Gasteiger partial charge is 0.308 e. The molecule has 0 amide bonds. The van der Waals surface area contributed by atoms with E-state index in [1.165, 1.54) is 0 Å². The lowest BCUT2D eigenvalue weighted by Crippen LogP contribution is -2.05. The lowest BCUT2D eigenvalue weighted by molar-refractivity contribution is -0.137. The van der Waals surface area contributed by atoms with Crippen LogP contribution in [-0.4, -0.2) is 11.0 Å². The van der Waals surface area contributed by atoms with Gasteiger partial charge in [-0.25, -0.2) is 0 Å². The van der Waals surface area contributed by atoms with E-state index in [9.17, 15) is 4.79 Å². The number of carbonyl (C=O) groups excluding carboxylic acids is 1. The Hall–Kier alpha value is -0.490. The Bertz CT molecular complexity index is 125. The molecule has 0 fully saturated rings. The summed E-state index contributed by atoms with van der Waals surface area (Å²) >= 11 is 2.86. The second-order valence-electron chi connectivity index (χ2n) is 0.973. The van der Waals surface area contributed by atoms with Crippen molar-refractivity contribution in [3.05, 3.63) is 6.92 Å². The maximum atomic E-state index is 9.95. The van der Waals surface area contributed by atoms with Gasteiger partial charge in [-0.05, 0) is 15.9 Å². The Morgan fingerprint density at radius 1 is 2.00 bits per heavy atom. The molecular formula is C5H4BrO2. The monoisotopic (exact) mass is 175 g/mol. The molecule has 0 aromatic rings. The van der Waals surface area contributed by atoms with Crippen LogP contribution < -0.4 is 0 Å². The van der Waals surface area contributed by atoms with Crippen molar-refractivity contribution in [3.63, 3.8) is 0 Å². The normalized spacial score (nSPS) is 11.6. The van der Waals surface area contributed by atoms with Crippen LogP contribution in [-0.2, 0) is 9.53 Å². The highest BCUT2D eigenvalue weighted by Gasteiger charge is 1.99. The first-order chi connectivity index (χ1) is 3.66. The topological polar surface area (TPSA) is 26.3 Å². The summed E-state index contributed by atoms with van der Waals surface area (Å²) in [4.78, 5) is 9.95. The molecule has 43 valence electrons. The summed E-state index contributed by atoms with van der Waals surface area (Å²) in [6, 6.07) is 0. The first-order valence-electron chi connectivity index (χ1n) is 1.79. The number of hydrogen-bond acceptors (Lipinski definition) is 2. The number of ether oxygens (including phenoxy) is 1. The number of halogens is 1. The van der Waals surface area contributed by atoms with Crippen molar-refractivity contribution >= 4 is 21.9 Å². The minimum atomic E-state index is -0.646. The molecule has 0 N–H and O–H groups in total. The van der Waals surface area contributed by atoms with Gasteiger partial charge < -0.3 is 4.74 Å². The highest BCUT2D eigenvalue weighted by molar-refractivity contribution is 9.09. The molecule has 0 rings (SSSR count). The van der Waals surface area contributed by atoms with Gasteiger partial charge in [0, 0.05) is 0 Å². The van der Waals surface area contributed by atoms with Gasteiger partial charge in [-0.1, -0.05) is 5.92 Å². The predicted octanol–water partition coefficient (Wildman–Crippen LogP) is 0.718. The standard InChI is InChI=1S/C5H4BrO2/c1-3-5(6)8-4(2)7/h1,5H,2H2.